The van der Waals surface area contributed by atoms with E-state index in [1.54, 1.807) is 23.1 Å². The second kappa shape index (κ2) is 5.25. The van der Waals surface area contributed by atoms with Gasteiger partial charge in [-0.05, 0) is 23.8 Å². The molecule has 1 aliphatic heterocycles. The maximum absolute atomic E-state index is 12.4. The van der Waals surface area contributed by atoms with Gasteiger partial charge in [0.15, 0.2) is 0 Å². The third-order valence-electron chi connectivity index (χ3n) is 3.69. The van der Waals surface area contributed by atoms with Crippen molar-refractivity contribution in [3.8, 4) is 11.4 Å². The lowest BCUT2D eigenvalue weighted by Gasteiger charge is -2.46. The second-order valence-electron chi connectivity index (χ2n) is 5.45. The predicted molar refractivity (Wildman–Crippen MR) is 75.4 cm³/mol. The number of H-pyrrole nitrogens is 1. The standard InChI is InChI=1S/C14H17N5O2/c1-2-6-14(21)8-19(9-14)13(20)11-5-3-4-10(7-11)12-15-17-18-16-12/h3-5,7,21H,2,6,8-9H2,1H3,(H,15,16,17,18). The highest BCUT2D eigenvalue weighted by atomic mass is 16.3. The number of aliphatic hydroxyl groups is 1. The molecule has 3 rings (SSSR count). The number of nitrogens with zero attached hydrogens (tertiary/aromatic N) is 4. The third-order valence-corrected chi connectivity index (χ3v) is 3.69. The fraction of sp³-hybridized carbons (Fsp3) is 0.429. The molecule has 2 heterocycles. The summed E-state index contributed by atoms with van der Waals surface area (Å²) in [6.07, 6.45) is 1.63. The van der Waals surface area contributed by atoms with Crippen molar-refractivity contribution in [1.29, 1.82) is 0 Å². The number of nitrogens with one attached hydrogen (secondary N) is 1. The Labute approximate surface area is 122 Å². The normalized spacial score (nSPS) is 16.6. The summed E-state index contributed by atoms with van der Waals surface area (Å²) in [5.74, 6) is 0.372. The van der Waals surface area contributed by atoms with Crippen LogP contribution in [0.25, 0.3) is 11.4 Å². The Bertz CT molecular complexity index is 635. The van der Waals surface area contributed by atoms with E-state index in [-0.39, 0.29) is 5.91 Å². The summed E-state index contributed by atoms with van der Waals surface area (Å²) in [5, 5.41) is 23.9. The largest absolute Gasteiger partial charge is 0.386 e. The van der Waals surface area contributed by atoms with Crippen LogP contribution in [-0.4, -0.2) is 55.2 Å². The van der Waals surface area contributed by atoms with E-state index in [0.717, 1.165) is 18.4 Å². The monoisotopic (exact) mass is 287 g/mol. The first-order chi connectivity index (χ1) is 10.1. The summed E-state index contributed by atoms with van der Waals surface area (Å²) in [5.41, 5.74) is 0.588. The van der Waals surface area contributed by atoms with Crippen molar-refractivity contribution in [2.45, 2.75) is 25.4 Å². The first-order valence-corrected chi connectivity index (χ1v) is 6.97. The molecule has 2 N–H and O–H groups in total. The van der Waals surface area contributed by atoms with Gasteiger partial charge in [-0.3, -0.25) is 4.79 Å². The average molecular weight is 287 g/mol. The first-order valence-electron chi connectivity index (χ1n) is 6.97. The topological polar surface area (TPSA) is 95.0 Å². The van der Waals surface area contributed by atoms with Crippen molar-refractivity contribution >= 4 is 5.91 Å². The highest BCUT2D eigenvalue weighted by Gasteiger charge is 2.42. The summed E-state index contributed by atoms with van der Waals surface area (Å²) >= 11 is 0. The molecule has 0 aliphatic carbocycles. The molecule has 1 amide bonds. The summed E-state index contributed by atoms with van der Waals surface area (Å²) in [6, 6.07) is 7.11. The molecule has 1 aromatic carbocycles. The molecule has 1 saturated heterocycles. The van der Waals surface area contributed by atoms with E-state index in [0.29, 0.717) is 24.5 Å². The molecule has 110 valence electrons. The number of carbonyl (C=O) groups is 1. The number of rotatable bonds is 4. The lowest BCUT2D eigenvalue weighted by Crippen LogP contribution is -2.63. The Kier molecular flexibility index (Phi) is 3.42. The van der Waals surface area contributed by atoms with Gasteiger partial charge in [0.2, 0.25) is 5.82 Å². The molecular weight excluding hydrogens is 270 g/mol. The van der Waals surface area contributed by atoms with E-state index in [1.165, 1.54) is 0 Å². The van der Waals surface area contributed by atoms with Gasteiger partial charge in [0.1, 0.15) is 0 Å². The summed E-state index contributed by atoms with van der Waals surface area (Å²) in [4.78, 5) is 14.0. The fourth-order valence-corrected chi connectivity index (χ4v) is 2.69. The number of tetrazole rings is 1. The number of hydrogen-bond acceptors (Lipinski definition) is 5. The number of β-amino-alcohol motifs (C(OH)–C–C–N with tert-alkyl or cyclic N) is 1. The lowest BCUT2D eigenvalue weighted by atomic mass is 9.88. The van der Waals surface area contributed by atoms with E-state index in [2.05, 4.69) is 20.6 Å². The van der Waals surface area contributed by atoms with Gasteiger partial charge in [-0.1, -0.05) is 25.5 Å². The number of hydrogen-bond donors (Lipinski definition) is 2. The van der Waals surface area contributed by atoms with Crippen LogP contribution >= 0.6 is 0 Å². The van der Waals surface area contributed by atoms with Crippen molar-refractivity contribution in [1.82, 2.24) is 25.5 Å². The van der Waals surface area contributed by atoms with Crippen LogP contribution in [0.5, 0.6) is 0 Å². The minimum atomic E-state index is -0.713. The molecule has 0 unspecified atom stereocenters. The van der Waals surface area contributed by atoms with E-state index in [1.807, 2.05) is 13.0 Å². The molecule has 1 aromatic heterocycles. The van der Waals surface area contributed by atoms with Gasteiger partial charge >= 0.3 is 0 Å². The highest BCUT2D eigenvalue weighted by Crippen LogP contribution is 2.27. The van der Waals surface area contributed by atoms with Gasteiger partial charge in [-0.15, -0.1) is 10.2 Å². The maximum atomic E-state index is 12.4. The molecule has 1 fully saturated rings. The van der Waals surface area contributed by atoms with Crippen LogP contribution in [0, 0.1) is 0 Å². The molecule has 0 saturated carbocycles. The Morgan fingerprint density at radius 3 is 2.95 bits per heavy atom. The van der Waals surface area contributed by atoms with Gasteiger partial charge in [0.05, 0.1) is 18.7 Å². The molecule has 0 atom stereocenters. The van der Waals surface area contributed by atoms with Crippen molar-refractivity contribution in [2.75, 3.05) is 13.1 Å². The summed E-state index contributed by atoms with van der Waals surface area (Å²) < 4.78 is 0. The number of benzene rings is 1. The van der Waals surface area contributed by atoms with Gasteiger partial charge in [0.25, 0.3) is 5.91 Å². The number of aromatic amines is 1. The van der Waals surface area contributed by atoms with Crippen molar-refractivity contribution in [3.05, 3.63) is 29.8 Å². The van der Waals surface area contributed by atoms with Crippen LogP contribution < -0.4 is 0 Å². The number of carbonyl (C=O) groups excluding carboxylic acids is 1. The maximum Gasteiger partial charge on any atom is 0.254 e. The van der Waals surface area contributed by atoms with Gasteiger partial charge in [0, 0.05) is 11.1 Å². The van der Waals surface area contributed by atoms with E-state index in [4.69, 9.17) is 0 Å². The number of likely N-dealkylation sites (tertiary alicyclic amines) is 1. The van der Waals surface area contributed by atoms with E-state index in [9.17, 15) is 9.90 Å². The van der Waals surface area contributed by atoms with Crippen molar-refractivity contribution in [3.63, 3.8) is 0 Å². The van der Waals surface area contributed by atoms with Crippen molar-refractivity contribution in [2.24, 2.45) is 0 Å². The smallest absolute Gasteiger partial charge is 0.254 e. The van der Waals surface area contributed by atoms with Gasteiger partial charge < -0.3 is 10.0 Å². The zero-order valence-corrected chi connectivity index (χ0v) is 11.8. The molecule has 2 aromatic rings. The predicted octanol–water partition coefficient (Wildman–Crippen LogP) is 0.854. The van der Waals surface area contributed by atoms with Gasteiger partial charge in [-0.2, -0.15) is 5.21 Å². The Morgan fingerprint density at radius 2 is 2.29 bits per heavy atom. The van der Waals surface area contributed by atoms with Crippen LogP contribution in [0.2, 0.25) is 0 Å². The Balaban J connectivity index is 1.73. The van der Waals surface area contributed by atoms with Crippen molar-refractivity contribution < 1.29 is 9.90 Å². The summed E-state index contributed by atoms with van der Waals surface area (Å²) in [6.45, 7) is 2.81. The number of amides is 1. The highest BCUT2D eigenvalue weighted by molar-refractivity contribution is 5.96. The van der Waals surface area contributed by atoms with Crippen LogP contribution in [0.1, 0.15) is 30.1 Å². The average Bonchev–Trinajstić information content (AvgIpc) is 2.98. The first kappa shape index (κ1) is 13.7. The third kappa shape index (κ3) is 2.64. The zero-order valence-electron chi connectivity index (χ0n) is 11.8. The van der Waals surface area contributed by atoms with E-state index >= 15 is 0 Å². The fourth-order valence-electron chi connectivity index (χ4n) is 2.69. The molecule has 21 heavy (non-hydrogen) atoms. The molecule has 0 spiro atoms. The minimum absolute atomic E-state index is 0.0823. The van der Waals surface area contributed by atoms with Crippen LogP contribution in [0.4, 0.5) is 0 Å². The SMILES string of the molecule is CCCC1(O)CN(C(=O)c2cccc(-c3nn[nH]n3)c2)C1. The Morgan fingerprint density at radius 1 is 1.48 bits per heavy atom. The molecule has 0 bridgehead atoms. The van der Waals surface area contributed by atoms with E-state index < -0.39 is 5.60 Å². The molecule has 1 aliphatic rings. The quantitative estimate of drug-likeness (QED) is 0.869. The molecular formula is C14H17N5O2. The van der Waals surface area contributed by atoms with Crippen LogP contribution in [-0.2, 0) is 0 Å². The lowest BCUT2D eigenvalue weighted by molar-refractivity contribution is -0.0860. The van der Waals surface area contributed by atoms with Gasteiger partial charge in [-0.25, -0.2) is 0 Å². The summed E-state index contributed by atoms with van der Waals surface area (Å²) in [7, 11) is 0. The minimum Gasteiger partial charge on any atom is -0.386 e. The number of aromatic nitrogens is 4. The zero-order chi connectivity index (χ0) is 14.9. The Hall–Kier alpha value is -2.28. The molecule has 7 heteroatoms. The van der Waals surface area contributed by atoms with Crippen LogP contribution in [0.3, 0.4) is 0 Å². The molecule has 0 radical (unpaired) electrons. The second-order valence-corrected chi connectivity index (χ2v) is 5.45. The van der Waals surface area contributed by atoms with Crippen LogP contribution in [0.15, 0.2) is 24.3 Å². The molecule has 7 nitrogen and oxygen atoms in total.